The van der Waals surface area contributed by atoms with Gasteiger partial charge >= 0.3 is 0 Å². The zero-order chi connectivity index (χ0) is 7.56. The lowest BCUT2D eigenvalue weighted by Crippen LogP contribution is -2.21. The number of aliphatic imine (C=N–C) groups is 1. The van der Waals surface area contributed by atoms with Crippen LogP contribution in [0.4, 0.5) is 0 Å². The first-order chi connectivity index (χ1) is 4.74. The summed E-state index contributed by atoms with van der Waals surface area (Å²) >= 11 is 11.1. The van der Waals surface area contributed by atoms with Gasteiger partial charge in [-0.1, -0.05) is 11.6 Å². The first-order valence-electron chi connectivity index (χ1n) is 2.53. The highest BCUT2D eigenvalue weighted by atomic mass is 35.5. The fourth-order valence-electron chi connectivity index (χ4n) is 0.510. The Labute approximate surface area is 68.0 Å². The minimum Gasteiger partial charge on any atom is -0.296 e. The van der Waals surface area contributed by atoms with Gasteiger partial charge in [0.15, 0.2) is 6.29 Å². The number of rotatable bonds is 1. The molecule has 0 fully saturated rings. The zero-order valence-electron chi connectivity index (χ0n) is 4.87. The average Bonchev–Trinajstić information content (AvgIpc) is 1.95. The minimum absolute atomic E-state index is 0.303. The van der Waals surface area contributed by atoms with Crippen molar-refractivity contribution in [1.29, 1.82) is 0 Å². The molecule has 0 saturated heterocycles. The highest BCUT2D eigenvalue weighted by Crippen LogP contribution is 2.14. The van der Waals surface area contributed by atoms with E-state index in [9.17, 15) is 4.79 Å². The number of hydrogen-bond donors (Lipinski definition) is 0. The summed E-state index contributed by atoms with van der Waals surface area (Å²) in [6.07, 6.45) is 3.38. The topological polar surface area (TPSA) is 32.7 Å². The largest absolute Gasteiger partial charge is 0.296 e. The first kappa shape index (κ1) is 7.57. The lowest BCUT2D eigenvalue weighted by atomic mass is 10.4. The maximum absolute atomic E-state index is 10.1. The van der Waals surface area contributed by atoms with Gasteiger partial charge in [0.05, 0.1) is 0 Å². The highest BCUT2D eigenvalue weighted by molar-refractivity contribution is 6.29. The quantitative estimate of drug-likeness (QED) is 0.261. The van der Waals surface area contributed by atoms with Gasteiger partial charge in [0.25, 0.3) is 0 Å². The van der Waals surface area contributed by atoms with Gasteiger partial charge in [-0.2, -0.15) is 0 Å². The van der Waals surface area contributed by atoms with Crippen LogP contribution < -0.4 is 0 Å². The smallest absolute Gasteiger partial charge is 0.168 e. The Morgan fingerprint density at radius 1 is 1.80 bits per heavy atom. The number of allylic oxidation sites excluding steroid dienone is 1. The first-order valence-corrected chi connectivity index (χ1v) is 3.31. The molecule has 10 heavy (non-hydrogen) atoms. The summed E-state index contributed by atoms with van der Waals surface area (Å²) in [5.74, 6) is 0. The highest BCUT2D eigenvalue weighted by Gasteiger charge is 2.12. The van der Waals surface area contributed by atoms with E-state index >= 15 is 0 Å². The van der Waals surface area contributed by atoms with Crippen molar-refractivity contribution in [3.05, 3.63) is 11.8 Å². The third-order valence-corrected chi connectivity index (χ3v) is 1.72. The van der Waals surface area contributed by atoms with E-state index in [1.165, 1.54) is 16.8 Å². The normalized spacial score (nSPS) is 24.4. The fourth-order valence-corrected chi connectivity index (χ4v) is 0.790. The maximum atomic E-state index is 10.1. The SMILES string of the molecule is O=CC1=CC(Cl)N(Cl)C=N1. The van der Waals surface area contributed by atoms with Crippen molar-refractivity contribution in [3.8, 4) is 0 Å². The van der Waals surface area contributed by atoms with Crippen molar-refractivity contribution in [2.45, 2.75) is 5.50 Å². The fraction of sp³-hybridized carbons (Fsp3) is 0.200. The van der Waals surface area contributed by atoms with E-state index in [-0.39, 0.29) is 0 Å². The van der Waals surface area contributed by atoms with Crippen molar-refractivity contribution in [1.82, 2.24) is 4.42 Å². The second-order valence-corrected chi connectivity index (χ2v) is 2.51. The summed E-state index contributed by atoms with van der Waals surface area (Å²) in [6, 6.07) is 0. The third kappa shape index (κ3) is 1.49. The summed E-state index contributed by atoms with van der Waals surface area (Å²) in [5.41, 5.74) is -0.184. The predicted octanol–water partition coefficient (Wildman–Crippen LogP) is 1.13. The molecule has 1 atom stereocenters. The molecule has 0 aromatic rings. The number of carbonyl (C=O) groups is 1. The molecular weight excluding hydrogens is 175 g/mol. The molecule has 54 valence electrons. The van der Waals surface area contributed by atoms with Gasteiger partial charge < -0.3 is 0 Å². The molecule has 1 aliphatic rings. The van der Waals surface area contributed by atoms with E-state index in [1.807, 2.05) is 0 Å². The standard InChI is InChI=1S/C5H4Cl2N2O/c6-5-1-4(2-10)8-3-9(5)7/h1-3,5H. The minimum atomic E-state index is -0.487. The molecule has 1 rings (SSSR count). The Balaban J connectivity index is 2.75. The Hall–Kier alpha value is -0.540. The van der Waals surface area contributed by atoms with Gasteiger partial charge in [-0.25, -0.2) is 4.99 Å². The molecule has 3 nitrogen and oxygen atoms in total. The van der Waals surface area contributed by atoms with Crippen LogP contribution in [0.1, 0.15) is 0 Å². The molecule has 0 aromatic heterocycles. The van der Waals surface area contributed by atoms with E-state index < -0.39 is 5.50 Å². The molecule has 0 aromatic carbocycles. The summed E-state index contributed by atoms with van der Waals surface area (Å²) in [7, 11) is 0. The number of nitrogens with zero attached hydrogens (tertiary/aromatic N) is 2. The number of halogens is 2. The van der Waals surface area contributed by atoms with Crippen molar-refractivity contribution in [3.63, 3.8) is 0 Å². The van der Waals surface area contributed by atoms with Gasteiger partial charge in [0.1, 0.15) is 17.5 Å². The molecule has 0 aliphatic carbocycles. The summed E-state index contributed by atoms with van der Waals surface area (Å²) in [6.45, 7) is 0. The van der Waals surface area contributed by atoms with Crippen molar-refractivity contribution in [2.75, 3.05) is 0 Å². The van der Waals surface area contributed by atoms with Gasteiger partial charge in [-0.3, -0.25) is 9.21 Å². The molecular formula is C5H4Cl2N2O. The van der Waals surface area contributed by atoms with E-state index in [2.05, 4.69) is 4.99 Å². The molecule has 5 heteroatoms. The zero-order valence-corrected chi connectivity index (χ0v) is 6.38. The van der Waals surface area contributed by atoms with Crippen molar-refractivity contribution >= 4 is 36.0 Å². The van der Waals surface area contributed by atoms with E-state index in [4.69, 9.17) is 23.4 Å². The summed E-state index contributed by atoms with van der Waals surface area (Å²) in [5, 5.41) is 0. The van der Waals surface area contributed by atoms with Crippen LogP contribution in [0.3, 0.4) is 0 Å². The van der Waals surface area contributed by atoms with E-state index in [0.717, 1.165) is 0 Å². The lowest BCUT2D eigenvalue weighted by molar-refractivity contribution is -0.105. The number of aldehydes is 1. The van der Waals surface area contributed by atoms with Crippen molar-refractivity contribution in [2.24, 2.45) is 4.99 Å². The summed E-state index contributed by atoms with van der Waals surface area (Å²) in [4.78, 5) is 13.8. The Bertz CT molecular complexity index is 202. The van der Waals surface area contributed by atoms with Gasteiger partial charge in [-0.05, 0) is 6.08 Å². The monoisotopic (exact) mass is 178 g/mol. The maximum Gasteiger partial charge on any atom is 0.168 e. The molecule has 1 heterocycles. The molecule has 0 spiro atoms. The second-order valence-electron chi connectivity index (χ2n) is 1.67. The Morgan fingerprint density at radius 2 is 2.50 bits per heavy atom. The Morgan fingerprint density at radius 3 is 3.00 bits per heavy atom. The van der Waals surface area contributed by atoms with Crippen molar-refractivity contribution < 1.29 is 4.79 Å². The molecule has 0 N–H and O–H groups in total. The van der Waals surface area contributed by atoms with Crippen LogP contribution in [0.5, 0.6) is 0 Å². The van der Waals surface area contributed by atoms with Crippen LogP contribution in [-0.4, -0.2) is 22.5 Å². The van der Waals surface area contributed by atoms with Crippen LogP contribution in [0, 0.1) is 0 Å². The second kappa shape index (κ2) is 3.03. The number of alkyl halides is 1. The van der Waals surface area contributed by atoms with Gasteiger partial charge in [0, 0.05) is 11.8 Å². The predicted molar refractivity (Wildman–Crippen MR) is 40.0 cm³/mol. The Kier molecular flexibility index (Phi) is 2.29. The van der Waals surface area contributed by atoms with Crippen LogP contribution in [0.15, 0.2) is 16.8 Å². The molecule has 0 radical (unpaired) electrons. The van der Waals surface area contributed by atoms with Crippen LogP contribution in [0.25, 0.3) is 0 Å². The average molecular weight is 179 g/mol. The van der Waals surface area contributed by atoms with Gasteiger partial charge in [0.2, 0.25) is 0 Å². The van der Waals surface area contributed by atoms with E-state index in [1.54, 1.807) is 0 Å². The lowest BCUT2D eigenvalue weighted by Gasteiger charge is -2.16. The molecule has 0 amide bonds. The van der Waals surface area contributed by atoms with Crippen LogP contribution in [0.2, 0.25) is 0 Å². The molecule has 0 bridgehead atoms. The number of carbonyl (C=O) groups excluding carboxylic acids is 1. The number of hydrogen-bond acceptors (Lipinski definition) is 3. The molecule has 1 aliphatic heterocycles. The molecule has 1 unspecified atom stereocenters. The summed E-state index contributed by atoms with van der Waals surface area (Å²) < 4.78 is 1.18. The van der Waals surface area contributed by atoms with Crippen LogP contribution in [-0.2, 0) is 4.79 Å². The van der Waals surface area contributed by atoms with Crippen LogP contribution >= 0.6 is 23.4 Å². The molecule has 0 saturated carbocycles. The van der Waals surface area contributed by atoms with E-state index in [0.29, 0.717) is 12.0 Å². The van der Waals surface area contributed by atoms with Gasteiger partial charge in [-0.15, -0.1) is 0 Å². The third-order valence-electron chi connectivity index (χ3n) is 0.982.